The van der Waals surface area contributed by atoms with Crippen LogP contribution in [-0.4, -0.2) is 58.3 Å². The first-order valence-corrected chi connectivity index (χ1v) is 11.7. The van der Waals surface area contributed by atoms with E-state index >= 15 is 0 Å². The van der Waals surface area contributed by atoms with Gasteiger partial charge in [0.05, 0.1) is 29.3 Å². The molecule has 33 heavy (non-hydrogen) atoms. The molecule has 2 aromatic carbocycles. The highest BCUT2D eigenvalue weighted by Crippen LogP contribution is 2.28. The zero-order valence-electron chi connectivity index (χ0n) is 19.2. The minimum atomic E-state index is -0.721. The number of H-pyrrole nitrogens is 1. The summed E-state index contributed by atoms with van der Waals surface area (Å²) in [6.45, 7) is 6.76. The van der Waals surface area contributed by atoms with Gasteiger partial charge < -0.3 is 25.0 Å². The molecule has 8 heteroatoms. The number of hydrogen-bond acceptors (Lipinski definition) is 5. The van der Waals surface area contributed by atoms with Crippen LogP contribution in [0, 0.1) is 0 Å². The number of carbonyl (C=O) groups is 1. The predicted molar refractivity (Wildman–Crippen MR) is 128 cm³/mol. The third-order valence-corrected chi connectivity index (χ3v) is 6.25. The number of benzene rings is 2. The first kappa shape index (κ1) is 23.1. The average Bonchev–Trinajstić information content (AvgIpc) is 3.16. The molecule has 1 fully saturated rings. The number of imidazole rings is 1. The van der Waals surface area contributed by atoms with Gasteiger partial charge in [-0.3, -0.25) is 9.36 Å². The van der Waals surface area contributed by atoms with E-state index in [9.17, 15) is 14.7 Å². The van der Waals surface area contributed by atoms with Crippen LogP contribution < -0.4 is 15.7 Å². The van der Waals surface area contributed by atoms with Crippen molar-refractivity contribution in [3.05, 3.63) is 64.1 Å². The number of likely N-dealkylation sites (tertiary alicyclic amines) is 1. The number of para-hydroxylation sites is 2. The van der Waals surface area contributed by atoms with Crippen LogP contribution in [-0.2, 0) is 0 Å². The molecule has 1 saturated heterocycles. The Morgan fingerprint density at radius 1 is 1.21 bits per heavy atom. The molecular weight excluding hydrogens is 420 g/mol. The normalized spacial score (nSPS) is 16.1. The maximum atomic E-state index is 12.5. The number of hydrogen-bond donors (Lipinski definition) is 3. The minimum Gasteiger partial charge on any atom is -0.493 e. The lowest BCUT2D eigenvalue weighted by molar-refractivity contribution is 0.0901. The fraction of sp³-hybridized carbons (Fsp3) is 0.440. The molecule has 1 aliphatic rings. The molecule has 0 spiro atoms. The summed E-state index contributed by atoms with van der Waals surface area (Å²) in [5.41, 5.74) is 2.86. The highest BCUT2D eigenvalue weighted by molar-refractivity contribution is 5.97. The van der Waals surface area contributed by atoms with Gasteiger partial charge in [-0.15, -0.1) is 0 Å². The average molecular weight is 453 g/mol. The molecule has 1 amide bonds. The Balaban J connectivity index is 1.42. The number of fused-ring (bicyclic) bond motifs is 1. The Hall–Kier alpha value is -3.10. The fourth-order valence-corrected chi connectivity index (χ4v) is 4.62. The monoisotopic (exact) mass is 452 g/mol. The van der Waals surface area contributed by atoms with Gasteiger partial charge in [-0.05, 0) is 56.5 Å². The summed E-state index contributed by atoms with van der Waals surface area (Å²) in [5.74, 6) is 0.310. The number of nitrogens with one attached hydrogen (secondary N) is 2. The predicted octanol–water partition coefficient (Wildman–Crippen LogP) is 2.85. The standard InChI is InChI=1S/C25H32N4O4/c1-3-26-24(31)19-15-17(9-10-23(19)33-4-2)22(30)16-28-13-11-18(12-14-28)29-21-8-6-5-7-20(21)27-25(29)32/h5-10,15,18,22,30H,3-4,11-14,16H2,1-2H3,(H,26,31)(H,27,32). The summed E-state index contributed by atoms with van der Waals surface area (Å²) in [6, 6.07) is 13.2. The SMILES string of the molecule is CCNC(=O)c1cc(C(O)CN2CCC(n3c(=O)[nH]c4ccccc43)CC2)ccc1OCC. The first-order chi connectivity index (χ1) is 16.0. The second kappa shape index (κ2) is 10.2. The van der Waals surface area contributed by atoms with E-state index in [4.69, 9.17) is 4.74 Å². The van der Waals surface area contributed by atoms with Crippen molar-refractivity contribution in [1.82, 2.24) is 19.8 Å². The van der Waals surface area contributed by atoms with E-state index in [2.05, 4.69) is 15.2 Å². The lowest BCUT2D eigenvalue weighted by Gasteiger charge is -2.33. The van der Waals surface area contributed by atoms with Gasteiger partial charge in [-0.2, -0.15) is 0 Å². The van der Waals surface area contributed by atoms with E-state index in [-0.39, 0.29) is 17.6 Å². The largest absolute Gasteiger partial charge is 0.493 e. The van der Waals surface area contributed by atoms with Gasteiger partial charge in [0.2, 0.25) is 0 Å². The topological polar surface area (TPSA) is 99.6 Å². The van der Waals surface area contributed by atoms with Gasteiger partial charge in [-0.25, -0.2) is 4.79 Å². The van der Waals surface area contributed by atoms with Gasteiger partial charge in [0.25, 0.3) is 5.91 Å². The van der Waals surface area contributed by atoms with Crippen LogP contribution in [0.3, 0.4) is 0 Å². The van der Waals surface area contributed by atoms with Crippen LogP contribution in [0.5, 0.6) is 5.75 Å². The maximum Gasteiger partial charge on any atom is 0.326 e. The van der Waals surface area contributed by atoms with E-state index in [0.29, 0.717) is 36.6 Å². The van der Waals surface area contributed by atoms with Crippen molar-refractivity contribution >= 4 is 16.9 Å². The Morgan fingerprint density at radius 2 is 1.97 bits per heavy atom. The maximum absolute atomic E-state index is 12.5. The molecule has 1 atom stereocenters. The van der Waals surface area contributed by atoms with Crippen molar-refractivity contribution in [2.75, 3.05) is 32.8 Å². The zero-order valence-corrected chi connectivity index (χ0v) is 19.2. The molecule has 3 aromatic rings. The van der Waals surface area contributed by atoms with Crippen molar-refractivity contribution < 1.29 is 14.6 Å². The van der Waals surface area contributed by atoms with E-state index in [1.807, 2.05) is 48.7 Å². The molecule has 2 heterocycles. The van der Waals surface area contributed by atoms with Crippen LogP contribution in [0.2, 0.25) is 0 Å². The van der Waals surface area contributed by atoms with E-state index < -0.39 is 6.10 Å². The summed E-state index contributed by atoms with van der Waals surface area (Å²) in [4.78, 5) is 30.1. The highest BCUT2D eigenvalue weighted by Gasteiger charge is 2.25. The second-order valence-electron chi connectivity index (χ2n) is 8.41. The van der Waals surface area contributed by atoms with Crippen LogP contribution >= 0.6 is 0 Å². The Kier molecular flexibility index (Phi) is 7.15. The number of rotatable bonds is 8. The lowest BCUT2D eigenvalue weighted by atomic mass is 10.0. The van der Waals surface area contributed by atoms with Crippen molar-refractivity contribution in [3.63, 3.8) is 0 Å². The van der Waals surface area contributed by atoms with Crippen LogP contribution in [0.15, 0.2) is 47.3 Å². The fourth-order valence-electron chi connectivity index (χ4n) is 4.62. The summed E-state index contributed by atoms with van der Waals surface area (Å²) in [7, 11) is 0. The van der Waals surface area contributed by atoms with Crippen LogP contribution in [0.4, 0.5) is 0 Å². The molecule has 0 radical (unpaired) electrons. The third-order valence-electron chi connectivity index (χ3n) is 6.25. The van der Waals surface area contributed by atoms with Crippen molar-refractivity contribution in [3.8, 4) is 5.75 Å². The molecular formula is C25H32N4O4. The van der Waals surface area contributed by atoms with Crippen LogP contribution in [0.1, 0.15) is 54.8 Å². The molecule has 0 bridgehead atoms. The summed E-state index contributed by atoms with van der Waals surface area (Å²) < 4.78 is 7.46. The third kappa shape index (κ3) is 4.96. The number of aromatic amines is 1. The highest BCUT2D eigenvalue weighted by atomic mass is 16.5. The zero-order chi connectivity index (χ0) is 23.4. The number of aromatic nitrogens is 2. The number of nitrogens with zero attached hydrogens (tertiary/aromatic N) is 2. The van der Waals surface area contributed by atoms with Gasteiger partial charge >= 0.3 is 5.69 Å². The molecule has 1 unspecified atom stereocenters. The molecule has 8 nitrogen and oxygen atoms in total. The lowest BCUT2D eigenvalue weighted by Crippen LogP contribution is -2.39. The van der Waals surface area contributed by atoms with Gasteiger partial charge in [0, 0.05) is 32.2 Å². The Morgan fingerprint density at radius 3 is 2.70 bits per heavy atom. The van der Waals surface area contributed by atoms with E-state index in [1.54, 1.807) is 12.1 Å². The molecule has 4 rings (SSSR count). The molecule has 3 N–H and O–H groups in total. The quantitative estimate of drug-likeness (QED) is 0.488. The molecule has 1 aliphatic heterocycles. The van der Waals surface area contributed by atoms with Gasteiger partial charge in [0.1, 0.15) is 5.75 Å². The van der Waals surface area contributed by atoms with Crippen LogP contribution in [0.25, 0.3) is 11.0 Å². The number of amides is 1. The molecule has 176 valence electrons. The number of carbonyl (C=O) groups excluding carboxylic acids is 1. The number of ether oxygens (including phenoxy) is 1. The number of aliphatic hydroxyl groups excluding tert-OH is 1. The minimum absolute atomic E-state index is 0.0676. The first-order valence-electron chi connectivity index (χ1n) is 11.7. The number of piperidine rings is 1. The second-order valence-corrected chi connectivity index (χ2v) is 8.41. The molecule has 0 saturated carbocycles. The summed E-state index contributed by atoms with van der Waals surface area (Å²) in [6.07, 6.45) is 0.949. The van der Waals surface area contributed by atoms with Crippen molar-refractivity contribution in [2.24, 2.45) is 0 Å². The number of β-amino-alcohol motifs (C(OH)–C–C–N with tert-alkyl or cyclic N) is 1. The summed E-state index contributed by atoms with van der Waals surface area (Å²) >= 11 is 0. The molecule has 1 aromatic heterocycles. The Labute approximate surface area is 193 Å². The summed E-state index contributed by atoms with van der Waals surface area (Å²) in [5, 5.41) is 13.7. The van der Waals surface area contributed by atoms with E-state index in [1.165, 1.54) is 0 Å². The van der Waals surface area contributed by atoms with Crippen molar-refractivity contribution in [2.45, 2.75) is 38.8 Å². The van der Waals surface area contributed by atoms with Gasteiger partial charge in [0.15, 0.2) is 0 Å². The van der Waals surface area contributed by atoms with Crippen molar-refractivity contribution in [1.29, 1.82) is 0 Å². The Bertz CT molecular complexity index is 1160. The molecule has 0 aliphatic carbocycles. The number of aliphatic hydroxyl groups is 1. The smallest absolute Gasteiger partial charge is 0.326 e. The van der Waals surface area contributed by atoms with Gasteiger partial charge in [-0.1, -0.05) is 18.2 Å². The van der Waals surface area contributed by atoms with E-state index in [0.717, 1.165) is 37.0 Å².